The second-order valence-electron chi connectivity index (χ2n) is 7.10. The first-order valence-electron chi connectivity index (χ1n) is 9.80. The molecule has 0 aliphatic heterocycles. The lowest BCUT2D eigenvalue weighted by Crippen LogP contribution is -2.29. The summed E-state index contributed by atoms with van der Waals surface area (Å²) in [6.45, 7) is 7.73. The Labute approximate surface area is 186 Å². The highest BCUT2D eigenvalue weighted by Crippen LogP contribution is 2.20. The van der Waals surface area contributed by atoms with E-state index >= 15 is 0 Å². The molecule has 0 bridgehead atoms. The molecule has 0 aliphatic rings. The fourth-order valence-corrected chi connectivity index (χ4v) is 2.64. The summed E-state index contributed by atoms with van der Waals surface area (Å²) < 4.78 is 24.1. The molecule has 166 valence electrons. The summed E-state index contributed by atoms with van der Waals surface area (Å²) in [6.07, 6.45) is 0.566. The maximum Gasteiger partial charge on any atom is 0.262 e. The topological polar surface area (TPSA) is 76.7 Å². The number of benzene rings is 2. The van der Waals surface area contributed by atoms with Crippen LogP contribution in [0.25, 0.3) is 0 Å². The van der Waals surface area contributed by atoms with Crippen molar-refractivity contribution in [2.75, 3.05) is 6.61 Å². The lowest BCUT2D eigenvalue weighted by Gasteiger charge is -2.11. The minimum Gasteiger partial charge on any atom is -0.491 e. The molecule has 2 rings (SSSR count). The van der Waals surface area contributed by atoms with E-state index in [2.05, 4.69) is 17.2 Å². The third-order valence-electron chi connectivity index (χ3n) is 4.02. The van der Waals surface area contributed by atoms with Crippen LogP contribution in [0, 0.1) is 5.82 Å². The first-order chi connectivity index (χ1) is 14.7. The van der Waals surface area contributed by atoms with E-state index in [1.165, 1.54) is 12.1 Å². The molecule has 2 N–H and O–H groups in total. The lowest BCUT2D eigenvalue weighted by molar-refractivity contribution is -0.123. The Morgan fingerprint density at radius 1 is 1.06 bits per heavy atom. The van der Waals surface area contributed by atoms with Gasteiger partial charge in [0.25, 0.3) is 5.91 Å². The minimum atomic E-state index is -0.630. The largest absolute Gasteiger partial charge is 0.491 e. The molecule has 0 atom stereocenters. The van der Waals surface area contributed by atoms with Crippen molar-refractivity contribution in [1.82, 2.24) is 10.6 Å². The van der Waals surface area contributed by atoms with Gasteiger partial charge in [-0.25, -0.2) is 4.39 Å². The second-order valence-corrected chi connectivity index (χ2v) is 7.51. The van der Waals surface area contributed by atoms with Gasteiger partial charge in [-0.15, -0.1) is 0 Å². The number of nitrogens with one attached hydrogen (secondary N) is 2. The summed E-state index contributed by atoms with van der Waals surface area (Å²) in [7, 11) is 0. The number of hydrogen-bond acceptors (Lipinski definition) is 4. The molecule has 0 heterocycles. The number of carbonyl (C=O) groups excluding carboxylic acids is 2. The van der Waals surface area contributed by atoms with E-state index in [0.717, 1.165) is 17.4 Å². The Balaban J connectivity index is 1.65. The van der Waals surface area contributed by atoms with E-state index in [0.29, 0.717) is 12.2 Å². The number of hydrogen-bond donors (Lipinski definition) is 2. The average Bonchev–Trinajstić information content (AvgIpc) is 2.72. The third-order valence-corrected chi connectivity index (χ3v) is 4.32. The van der Waals surface area contributed by atoms with Crippen LogP contribution in [-0.4, -0.2) is 24.5 Å². The zero-order valence-corrected chi connectivity index (χ0v) is 18.3. The molecule has 31 heavy (non-hydrogen) atoms. The maximum absolute atomic E-state index is 13.4. The monoisotopic (exact) mass is 448 g/mol. The van der Waals surface area contributed by atoms with Crippen molar-refractivity contribution < 1.29 is 23.5 Å². The molecular formula is C23H26ClFN2O4. The normalized spacial score (nSPS) is 10.5. The lowest BCUT2D eigenvalue weighted by atomic mass is 10.2. The first-order valence-corrected chi connectivity index (χ1v) is 10.2. The molecule has 0 spiro atoms. The number of rotatable bonds is 11. The molecule has 0 aliphatic carbocycles. The van der Waals surface area contributed by atoms with Crippen LogP contribution in [0.1, 0.15) is 32.3 Å². The second kappa shape index (κ2) is 12.0. The molecule has 8 heteroatoms. The molecular weight excluding hydrogens is 423 g/mol. The van der Waals surface area contributed by atoms with Crippen LogP contribution in [0.15, 0.2) is 54.7 Å². The molecule has 6 nitrogen and oxygen atoms in total. The van der Waals surface area contributed by atoms with Gasteiger partial charge in [0.1, 0.15) is 17.3 Å². The number of amides is 2. The van der Waals surface area contributed by atoms with Crippen LogP contribution >= 0.6 is 11.6 Å². The highest BCUT2D eigenvalue weighted by Gasteiger charge is 2.09. The van der Waals surface area contributed by atoms with E-state index < -0.39 is 11.7 Å². The van der Waals surface area contributed by atoms with E-state index in [1.807, 2.05) is 38.1 Å². The number of allylic oxidation sites excluding steroid dienone is 1. The van der Waals surface area contributed by atoms with Crippen LogP contribution in [0.3, 0.4) is 0 Å². The Morgan fingerprint density at radius 2 is 1.74 bits per heavy atom. The van der Waals surface area contributed by atoms with Gasteiger partial charge in [-0.1, -0.05) is 30.3 Å². The molecule has 2 aromatic carbocycles. The first kappa shape index (κ1) is 24.2. The van der Waals surface area contributed by atoms with Crippen molar-refractivity contribution in [1.29, 1.82) is 0 Å². The molecule has 0 saturated heterocycles. The van der Waals surface area contributed by atoms with Gasteiger partial charge in [0.05, 0.1) is 11.1 Å². The summed E-state index contributed by atoms with van der Waals surface area (Å²) in [6, 6.07) is 11.4. The fraction of sp³-hybridized carbons (Fsp3) is 0.304. The Hall–Kier alpha value is -3.06. The maximum atomic E-state index is 13.4. The van der Waals surface area contributed by atoms with Gasteiger partial charge in [0.15, 0.2) is 6.61 Å². The van der Waals surface area contributed by atoms with Crippen molar-refractivity contribution >= 4 is 23.4 Å². The van der Waals surface area contributed by atoms with Gasteiger partial charge in [-0.3, -0.25) is 9.59 Å². The Bertz CT molecular complexity index is 916. The molecule has 2 amide bonds. The zero-order chi connectivity index (χ0) is 22.8. The highest BCUT2D eigenvalue weighted by atomic mass is 35.5. The zero-order valence-electron chi connectivity index (χ0n) is 17.5. The van der Waals surface area contributed by atoms with Gasteiger partial charge in [0, 0.05) is 24.7 Å². The predicted molar refractivity (Wildman–Crippen MR) is 117 cm³/mol. The summed E-state index contributed by atoms with van der Waals surface area (Å²) in [4.78, 5) is 23.9. The molecule has 0 saturated carbocycles. The van der Waals surface area contributed by atoms with Crippen LogP contribution in [0.2, 0.25) is 5.02 Å². The van der Waals surface area contributed by atoms with E-state index in [9.17, 15) is 14.0 Å². The average molecular weight is 449 g/mol. The quantitative estimate of drug-likeness (QED) is 0.535. The fourth-order valence-electron chi connectivity index (χ4n) is 2.52. The third kappa shape index (κ3) is 9.09. The molecule has 2 aromatic rings. The number of halogens is 2. The smallest absolute Gasteiger partial charge is 0.262 e. The Morgan fingerprint density at radius 3 is 2.39 bits per heavy atom. The Kier molecular flexibility index (Phi) is 9.34. The molecule has 0 aromatic heterocycles. The van der Waals surface area contributed by atoms with Crippen LogP contribution in [0.5, 0.6) is 11.5 Å². The van der Waals surface area contributed by atoms with Gasteiger partial charge in [-0.05, 0) is 50.1 Å². The SMILES string of the molecule is C=C(CCC(=O)NCc1ccc(OC(C)C)cc1)NC(=O)COc1ccc(Cl)c(F)c1. The highest BCUT2D eigenvalue weighted by molar-refractivity contribution is 6.30. The van der Waals surface area contributed by atoms with Gasteiger partial charge in [-0.2, -0.15) is 0 Å². The number of carbonyl (C=O) groups is 2. The van der Waals surface area contributed by atoms with E-state index in [-0.39, 0.29) is 42.2 Å². The van der Waals surface area contributed by atoms with Crippen LogP contribution < -0.4 is 20.1 Å². The summed E-state index contributed by atoms with van der Waals surface area (Å²) in [5, 5.41) is 5.35. The van der Waals surface area contributed by atoms with E-state index in [1.54, 1.807) is 0 Å². The van der Waals surface area contributed by atoms with Gasteiger partial charge >= 0.3 is 0 Å². The van der Waals surface area contributed by atoms with Crippen molar-refractivity contribution in [3.8, 4) is 11.5 Å². The van der Waals surface area contributed by atoms with Crippen LogP contribution in [0.4, 0.5) is 4.39 Å². The minimum absolute atomic E-state index is 0.0272. The van der Waals surface area contributed by atoms with Crippen molar-refractivity contribution in [3.05, 3.63) is 71.1 Å². The predicted octanol–water partition coefficient (Wildman–Crippen LogP) is 4.37. The van der Waals surface area contributed by atoms with Gasteiger partial charge < -0.3 is 20.1 Å². The van der Waals surface area contributed by atoms with Crippen molar-refractivity contribution in [2.24, 2.45) is 0 Å². The van der Waals surface area contributed by atoms with Crippen molar-refractivity contribution in [3.63, 3.8) is 0 Å². The number of ether oxygens (including phenoxy) is 2. The molecule has 0 fully saturated rings. The summed E-state index contributed by atoms with van der Waals surface area (Å²) in [5.74, 6) is -0.279. The van der Waals surface area contributed by atoms with E-state index in [4.69, 9.17) is 21.1 Å². The summed E-state index contributed by atoms with van der Waals surface area (Å²) in [5.41, 5.74) is 1.34. The molecule has 0 radical (unpaired) electrons. The molecule has 0 unspecified atom stereocenters. The van der Waals surface area contributed by atoms with Crippen molar-refractivity contribution in [2.45, 2.75) is 39.3 Å². The van der Waals surface area contributed by atoms with Crippen LogP contribution in [-0.2, 0) is 16.1 Å². The summed E-state index contributed by atoms with van der Waals surface area (Å²) >= 11 is 5.59. The standard InChI is InChI=1S/C23H26ClFN2O4/c1-15(2)31-18-7-5-17(6-8-18)13-26-22(28)11-4-16(3)27-23(29)14-30-19-9-10-20(24)21(25)12-19/h5-10,12,15H,3-4,11,13-14H2,1-2H3,(H,26,28)(H,27,29). The van der Waals surface area contributed by atoms with Gasteiger partial charge in [0.2, 0.25) is 5.91 Å².